The molecule has 2 aromatic carbocycles. The van der Waals surface area contributed by atoms with Gasteiger partial charge in [0, 0.05) is 16.7 Å². The van der Waals surface area contributed by atoms with Crippen LogP contribution in [-0.2, 0) is 4.79 Å². The molecule has 0 spiro atoms. The summed E-state index contributed by atoms with van der Waals surface area (Å²) in [6, 6.07) is 12.5. The number of ether oxygens (including phenoxy) is 2. The number of benzene rings is 2. The van der Waals surface area contributed by atoms with E-state index < -0.39 is 17.4 Å². The minimum absolute atomic E-state index is 0.0811. The van der Waals surface area contributed by atoms with E-state index in [2.05, 4.69) is 10.5 Å². The molecule has 1 N–H and O–H groups in total. The molecule has 0 unspecified atom stereocenters. The molecular formula is C20H15Cl2N3O6. The Morgan fingerprint density at radius 3 is 2.68 bits per heavy atom. The number of nitrogens with one attached hydrogen (secondary N) is 1. The van der Waals surface area contributed by atoms with Gasteiger partial charge in [-0.15, -0.1) is 0 Å². The number of furan rings is 1. The molecule has 11 heteroatoms. The third kappa shape index (κ3) is 5.74. The molecule has 0 atom stereocenters. The number of nitrogens with zero attached hydrogens (tertiary/aromatic N) is 2. The van der Waals surface area contributed by atoms with Crippen LogP contribution in [0, 0.1) is 10.1 Å². The second-order valence-electron chi connectivity index (χ2n) is 6.00. The lowest BCUT2D eigenvalue weighted by molar-refractivity contribution is -0.385. The van der Waals surface area contributed by atoms with Crippen LogP contribution < -0.4 is 14.9 Å². The first-order chi connectivity index (χ1) is 14.9. The molecule has 0 aliphatic heterocycles. The first kappa shape index (κ1) is 22.1. The molecule has 3 aromatic rings. The largest absolute Gasteiger partial charge is 0.495 e. The molecule has 0 radical (unpaired) electrons. The predicted molar refractivity (Wildman–Crippen MR) is 115 cm³/mol. The Balaban J connectivity index is 1.56. The van der Waals surface area contributed by atoms with Crippen LogP contribution in [0.15, 0.2) is 58.0 Å². The molecule has 1 heterocycles. The lowest BCUT2D eigenvalue weighted by atomic mass is 10.2. The highest BCUT2D eigenvalue weighted by Crippen LogP contribution is 2.31. The van der Waals surface area contributed by atoms with Crippen molar-refractivity contribution in [3.05, 3.63) is 74.5 Å². The SMILES string of the molecule is COc1ccc(-c2ccc(/C=N/NC(=O)COc3ccc(Cl)cc3[N+](=O)[O-])o2)cc1Cl. The molecule has 160 valence electrons. The number of hydrazone groups is 1. The van der Waals surface area contributed by atoms with Gasteiger partial charge in [-0.3, -0.25) is 14.9 Å². The van der Waals surface area contributed by atoms with Crippen LogP contribution in [0.25, 0.3) is 11.3 Å². The highest BCUT2D eigenvalue weighted by Gasteiger charge is 2.16. The van der Waals surface area contributed by atoms with Crippen molar-refractivity contribution in [3.63, 3.8) is 0 Å². The van der Waals surface area contributed by atoms with Crippen LogP contribution >= 0.6 is 23.2 Å². The summed E-state index contributed by atoms with van der Waals surface area (Å²) < 4.78 is 15.9. The van der Waals surface area contributed by atoms with Gasteiger partial charge in [-0.25, -0.2) is 5.43 Å². The van der Waals surface area contributed by atoms with E-state index in [1.807, 2.05) is 0 Å². The maximum Gasteiger partial charge on any atom is 0.312 e. The predicted octanol–water partition coefficient (Wildman–Crippen LogP) is 4.70. The van der Waals surface area contributed by atoms with Gasteiger partial charge in [-0.2, -0.15) is 5.10 Å². The monoisotopic (exact) mass is 463 g/mol. The minimum atomic E-state index is -0.651. The van der Waals surface area contributed by atoms with Gasteiger partial charge in [-0.05, 0) is 42.5 Å². The van der Waals surface area contributed by atoms with Crippen LogP contribution in [0.3, 0.4) is 0 Å². The fourth-order valence-electron chi connectivity index (χ4n) is 2.50. The Hall–Kier alpha value is -3.56. The maximum absolute atomic E-state index is 11.9. The van der Waals surface area contributed by atoms with Gasteiger partial charge in [0.2, 0.25) is 0 Å². The highest BCUT2D eigenvalue weighted by molar-refractivity contribution is 6.32. The fraction of sp³-hybridized carbons (Fsp3) is 0.100. The number of halogens is 2. The van der Waals surface area contributed by atoms with E-state index in [0.29, 0.717) is 22.3 Å². The number of nitro groups is 1. The number of nitro benzene ring substituents is 1. The summed E-state index contributed by atoms with van der Waals surface area (Å²) in [5.74, 6) is 0.788. The summed E-state index contributed by atoms with van der Waals surface area (Å²) in [6.45, 7) is -0.479. The summed E-state index contributed by atoms with van der Waals surface area (Å²) in [5.41, 5.74) is 2.65. The van der Waals surface area contributed by atoms with E-state index in [0.717, 1.165) is 11.6 Å². The Bertz CT molecular complexity index is 1150. The van der Waals surface area contributed by atoms with Gasteiger partial charge in [0.05, 0.1) is 23.3 Å². The van der Waals surface area contributed by atoms with Gasteiger partial charge < -0.3 is 13.9 Å². The van der Waals surface area contributed by atoms with Crippen LogP contribution in [0.5, 0.6) is 11.5 Å². The van der Waals surface area contributed by atoms with Crippen molar-refractivity contribution >= 4 is 41.0 Å². The zero-order chi connectivity index (χ0) is 22.4. The summed E-state index contributed by atoms with van der Waals surface area (Å²) in [5, 5.41) is 15.4. The summed E-state index contributed by atoms with van der Waals surface area (Å²) in [7, 11) is 1.53. The molecule has 0 aliphatic carbocycles. The zero-order valence-corrected chi connectivity index (χ0v) is 17.5. The lowest BCUT2D eigenvalue weighted by Crippen LogP contribution is -2.24. The van der Waals surface area contributed by atoms with Gasteiger partial charge in [0.1, 0.15) is 17.3 Å². The molecular weight excluding hydrogens is 449 g/mol. The first-order valence-corrected chi connectivity index (χ1v) is 9.45. The van der Waals surface area contributed by atoms with Crippen molar-refractivity contribution in [2.75, 3.05) is 13.7 Å². The van der Waals surface area contributed by atoms with E-state index in [1.165, 1.54) is 25.5 Å². The second-order valence-corrected chi connectivity index (χ2v) is 6.85. The van der Waals surface area contributed by atoms with Crippen molar-refractivity contribution in [2.24, 2.45) is 5.10 Å². The van der Waals surface area contributed by atoms with Crippen LogP contribution in [0.1, 0.15) is 5.76 Å². The number of hydrogen-bond donors (Lipinski definition) is 1. The Labute approximate surface area is 186 Å². The van der Waals surface area contributed by atoms with Gasteiger partial charge in [-0.1, -0.05) is 23.2 Å². The third-order valence-corrected chi connectivity index (χ3v) is 4.45. The minimum Gasteiger partial charge on any atom is -0.495 e. The van der Waals surface area contributed by atoms with Crippen molar-refractivity contribution < 1.29 is 23.6 Å². The highest BCUT2D eigenvalue weighted by atomic mass is 35.5. The molecule has 0 fully saturated rings. The van der Waals surface area contributed by atoms with E-state index in [-0.39, 0.29) is 16.5 Å². The fourth-order valence-corrected chi connectivity index (χ4v) is 2.92. The molecule has 3 rings (SSSR count). The number of methoxy groups -OCH3 is 1. The number of rotatable bonds is 8. The number of amides is 1. The smallest absolute Gasteiger partial charge is 0.312 e. The summed E-state index contributed by atoms with van der Waals surface area (Å²) in [4.78, 5) is 22.2. The lowest BCUT2D eigenvalue weighted by Gasteiger charge is -2.05. The van der Waals surface area contributed by atoms with E-state index in [4.69, 9.17) is 37.1 Å². The molecule has 0 saturated heterocycles. The molecule has 1 aromatic heterocycles. The van der Waals surface area contributed by atoms with Crippen LogP contribution in [0.4, 0.5) is 5.69 Å². The summed E-state index contributed by atoms with van der Waals surface area (Å²) >= 11 is 11.9. The standard InChI is InChI=1S/C20H15Cl2N3O6/c1-29-18-5-2-12(8-15(18)22)17-7-4-14(31-17)10-23-24-20(26)11-30-19-6-3-13(21)9-16(19)25(27)28/h2-10H,11H2,1H3,(H,24,26)/b23-10+. The number of hydrogen-bond acceptors (Lipinski definition) is 7. The van der Waals surface area contributed by atoms with E-state index >= 15 is 0 Å². The molecule has 31 heavy (non-hydrogen) atoms. The molecule has 0 saturated carbocycles. The second kappa shape index (κ2) is 9.96. The van der Waals surface area contributed by atoms with Gasteiger partial charge >= 0.3 is 5.69 Å². The molecule has 1 amide bonds. The van der Waals surface area contributed by atoms with E-state index in [1.54, 1.807) is 30.3 Å². The van der Waals surface area contributed by atoms with Crippen molar-refractivity contribution in [3.8, 4) is 22.8 Å². The Morgan fingerprint density at radius 1 is 1.19 bits per heavy atom. The zero-order valence-electron chi connectivity index (χ0n) is 16.0. The van der Waals surface area contributed by atoms with Gasteiger partial charge in [0.15, 0.2) is 12.4 Å². The van der Waals surface area contributed by atoms with Crippen LogP contribution in [0.2, 0.25) is 10.0 Å². The third-order valence-electron chi connectivity index (χ3n) is 3.92. The maximum atomic E-state index is 11.9. The van der Waals surface area contributed by atoms with Crippen molar-refractivity contribution in [2.45, 2.75) is 0 Å². The normalized spacial score (nSPS) is 10.8. The van der Waals surface area contributed by atoms with E-state index in [9.17, 15) is 14.9 Å². The number of carbonyl (C=O) groups is 1. The average molecular weight is 464 g/mol. The topological polar surface area (TPSA) is 116 Å². The molecule has 9 nitrogen and oxygen atoms in total. The van der Waals surface area contributed by atoms with Crippen LogP contribution in [-0.4, -0.2) is 30.8 Å². The van der Waals surface area contributed by atoms with Crippen molar-refractivity contribution in [1.82, 2.24) is 5.43 Å². The van der Waals surface area contributed by atoms with Crippen molar-refractivity contribution in [1.29, 1.82) is 0 Å². The Morgan fingerprint density at radius 2 is 1.97 bits per heavy atom. The molecule has 0 aliphatic rings. The summed E-state index contributed by atoms with van der Waals surface area (Å²) in [6.07, 6.45) is 1.30. The number of carbonyl (C=O) groups excluding carboxylic acids is 1. The van der Waals surface area contributed by atoms with Gasteiger partial charge in [0.25, 0.3) is 5.91 Å². The first-order valence-electron chi connectivity index (χ1n) is 8.70. The quantitative estimate of drug-likeness (QED) is 0.294. The Kier molecular flexibility index (Phi) is 7.11. The average Bonchev–Trinajstić information content (AvgIpc) is 3.21. The molecule has 0 bridgehead atoms.